The number of hydrogen-bond acceptors (Lipinski definition) is 10. The first kappa shape index (κ1) is 40.8. The molecule has 0 aliphatic carbocycles. The number of aliphatic hydroxyl groups is 1. The lowest BCUT2D eigenvalue weighted by Gasteiger charge is -2.17. The number of pyridine rings is 2. The Hall–Kier alpha value is -6.35. The van der Waals surface area contributed by atoms with Crippen molar-refractivity contribution < 1.29 is 37.2 Å². The lowest BCUT2D eigenvalue weighted by Crippen LogP contribution is -2.12. The van der Waals surface area contributed by atoms with Crippen molar-refractivity contribution in [3.05, 3.63) is 143 Å². The van der Waals surface area contributed by atoms with Crippen LogP contribution < -0.4 is 23.7 Å². The number of aryl methyl sites for hydroxylation is 1. The van der Waals surface area contributed by atoms with Gasteiger partial charge < -0.3 is 33.8 Å². The van der Waals surface area contributed by atoms with Crippen molar-refractivity contribution in [2.45, 2.75) is 17.9 Å². The third-order valence-corrected chi connectivity index (χ3v) is 11.9. The molecule has 4 heterocycles. The van der Waals surface area contributed by atoms with Gasteiger partial charge in [-0.05, 0) is 76.9 Å². The lowest BCUT2D eigenvalue weighted by atomic mass is 9.99. The fourth-order valence-electron chi connectivity index (χ4n) is 6.85. The average Bonchev–Trinajstić information content (AvgIpc) is 3.87. The number of nitrogens with zero attached hydrogens (tertiary/aromatic N) is 3. The van der Waals surface area contributed by atoms with Crippen LogP contribution in [0.2, 0.25) is 0 Å². The first-order valence-electron chi connectivity index (χ1n) is 18.2. The molecule has 0 aliphatic rings. The van der Waals surface area contributed by atoms with Gasteiger partial charge in [-0.3, -0.25) is 0 Å². The maximum absolute atomic E-state index is 13.3. The van der Waals surface area contributed by atoms with Gasteiger partial charge in [0.1, 0.15) is 23.3 Å². The van der Waals surface area contributed by atoms with Gasteiger partial charge in [0.05, 0.1) is 40.4 Å². The van der Waals surface area contributed by atoms with Gasteiger partial charge >= 0.3 is 0 Å². The van der Waals surface area contributed by atoms with Crippen molar-refractivity contribution in [2.24, 2.45) is 0 Å². The molecule has 0 fully saturated rings. The van der Waals surface area contributed by atoms with E-state index in [0.717, 1.165) is 54.5 Å². The molecule has 0 saturated carbocycles. The maximum Gasteiger partial charge on any atom is 0.269 e. The third-order valence-electron chi connectivity index (χ3n) is 9.82. The number of benzene rings is 4. The molecule has 1 atom stereocenters. The molecule has 8 aromatic rings. The molecule has 2 N–H and O–H groups in total. The maximum atomic E-state index is 13.3. The normalized spacial score (nSPS) is 11.8. The highest BCUT2D eigenvalue weighted by Crippen LogP contribution is 2.42. The Morgan fingerprint density at radius 2 is 1.25 bits per heavy atom. The Labute approximate surface area is 350 Å². The zero-order valence-electron chi connectivity index (χ0n) is 33.1. The number of nitrogens with one attached hydrogen (secondary N) is 1. The largest absolute Gasteiger partial charge is 0.496 e. The second kappa shape index (κ2) is 17.2. The van der Waals surface area contributed by atoms with Crippen LogP contribution in [0.5, 0.6) is 28.7 Å². The number of aromatic nitrogens is 4. The van der Waals surface area contributed by atoms with Gasteiger partial charge in [0.15, 0.2) is 17.1 Å². The van der Waals surface area contributed by atoms with Crippen LogP contribution in [-0.2, 0) is 10.0 Å². The Bertz CT molecular complexity index is 2870. The summed E-state index contributed by atoms with van der Waals surface area (Å²) in [6.45, 7) is 1.92. The molecule has 4 aromatic heterocycles. The number of ether oxygens (including phenoxy) is 5. The van der Waals surface area contributed by atoms with E-state index < -0.39 is 16.1 Å². The average molecular weight is 878 g/mol. The number of methoxy groups -OCH3 is 5. The second-order valence-electron chi connectivity index (χ2n) is 13.3. The number of aliphatic hydroxyl groups excluding tert-OH is 1. The molecule has 59 heavy (non-hydrogen) atoms. The molecule has 4 aromatic carbocycles. The summed E-state index contributed by atoms with van der Waals surface area (Å²) in [4.78, 5) is 12.3. The first-order chi connectivity index (χ1) is 28.5. The minimum Gasteiger partial charge on any atom is -0.496 e. The van der Waals surface area contributed by atoms with Crippen LogP contribution in [0.3, 0.4) is 0 Å². The van der Waals surface area contributed by atoms with Gasteiger partial charge in [0.25, 0.3) is 10.0 Å². The fourth-order valence-corrected chi connectivity index (χ4v) is 8.51. The van der Waals surface area contributed by atoms with Gasteiger partial charge in [0, 0.05) is 67.8 Å². The highest BCUT2D eigenvalue weighted by atomic mass is 79.9. The number of hydrogen-bond donors (Lipinski definition) is 2. The zero-order chi connectivity index (χ0) is 41.8. The zero-order valence-corrected chi connectivity index (χ0v) is 35.5. The van der Waals surface area contributed by atoms with Gasteiger partial charge in [-0.25, -0.2) is 22.4 Å². The van der Waals surface area contributed by atoms with Crippen molar-refractivity contribution in [3.8, 4) is 51.0 Å². The van der Waals surface area contributed by atoms with Crippen LogP contribution in [0.25, 0.3) is 44.3 Å². The Kier molecular flexibility index (Phi) is 11.9. The van der Waals surface area contributed by atoms with Crippen molar-refractivity contribution >= 4 is 48.0 Å². The summed E-state index contributed by atoms with van der Waals surface area (Å²) in [6, 6.07) is 29.3. The smallest absolute Gasteiger partial charge is 0.269 e. The van der Waals surface area contributed by atoms with Crippen LogP contribution in [0.15, 0.2) is 131 Å². The molecule has 0 radical (unpaired) electrons. The number of H-pyrrole nitrogens is 1. The summed E-state index contributed by atoms with van der Waals surface area (Å²) >= 11 is 3.43. The second-order valence-corrected chi connectivity index (χ2v) is 16.0. The van der Waals surface area contributed by atoms with Crippen molar-refractivity contribution in [2.75, 3.05) is 35.5 Å². The molecule has 0 saturated heterocycles. The molecule has 0 aliphatic heterocycles. The van der Waals surface area contributed by atoms with Crippen LogP contribution >= 0.6 is 15.9 Å². The third kappa shape index (κ3) is 7.94. The van der Waals surface area contributed by atoms with E-state index in [-0.39, 0.29) is 4.90 Å². The summed E-state index contributed by atoms with van der Waals surface area (Å²) < 4.78 is 55.8. The number of fused-ring (bicyclic) bond motifs is 2. The Morgan fingerprint density at radius 1 is 0.661 bits per heavy atom. The van der Waals surface area contributed by atoms with Gasteiger partial charge in [0.2, 0.25) is 5.75 Å². The van der Waals surface area contributed by atoms with E-state index in [1.807, 2.05) is 73.8 Å². The van der Waals surface area contributed by atoms with Crippen LogP contribution in [0, 0.1) is 6.92 Å². The summed E-state index contributed by atoms with van der Waals surface area (Å²) in [7, 11) is 4.06. The lowest BCUT2D eigenvalue weighted by molar-refractivity contribution is 0.218. The van der Waals surface area contributed by atoms with Crippen molar-refractivity contribution in [1.29, 1.82) is 0 Å². The van der Waals surface area contributed by atoms with Gasteiger partial charge in [-0.2, -0.15) is 0 Å². The standard InChI is InChI=1S/C24H24N2O5.C21H17BrN2O3S/c1-28-19-8-6-5-7-16(19)18-13-26-24-17(18)9-15(12-25-24)22(27)14-10-20(29-2)23(31-4)21(11-14)30-3;1-14-7-9-16(10-8-14)28(25,26)24-13-19(17-5-3-4-6-20(17)27-2)18-11-15(22)12-23-21(18)24/h5-13,22,27H,1-4H3,(H,25,26);3-13H,1-2H3. The molecular formula is C45H41BrN4O8S. The predicted molar refractivity (Wildman–Crippen MR) is 231 cm³/mol. The molecule has 1 unspecified atom stereocenters. The number of para-hydroxylation sites is 2. The number of halogens is 1. The summed E-state index contributed by atoms with van der Waals surface area (Å²) in [5.41, 5.74) is 6.74. The summed E-state index contributed by atoms with van der Waals surface area (Å²) in [5, 5.41) is 12.7. The topological polar surface area (TPSA) is 147 Å². The van der Waals surface area contributed by atoms with Crippen molar-refractivity contribution in [1.82, 2.24) is 18.9 Å². The van der Waals surface area contributed by atoms with E-state index in [9.17, 15) is 13.5 Å². The molecular weight excluding hydrogens is 836 g/mol. The number of rotatable bonds is 11. The molecule has 12 nitrogen and oxygen atoms in total. The van der Waals surface area contributed by atoms with Crippen molar-refractivity contribution in [3.63, 3.8) is 0 Å². The Balaban J connectivity index is 0.000000180. The summed E-state index contributed by atoms with van der Waals surface area (Å²) in [5.74, 6) is 2.84. The van der Waals surface area contributed by atoms with E-state index in [2.05, 4.69) is 30.9 Å². The fraction of sp³-hybridized carbons (Fsp3) is 0.156. The quantitative estimate of drug-likeness (QED) is 0.129. The molecule has 0 amide bonds. The van der Waals surface area contributed by atoms with E-state index in [1.165, 1.54) is 3.97 Å². The van der Waals surface area contributed by atoms with E-state index in [4.69, 9.17) is 23.7 Å². The van der Waals surface area contributed by atoms with E-state index >= 15 is 0 Å². The SMILES string of the molecule is COc1ccccc1-c1c[nH]c2ncc(C(O)c3cc(OC)c(OC)c(OC)c3)cc12.COc1ccccc1-c1cn(S(=O)(=O)c2ccc(C)cc2)c2ncc(Br)cc12. The predicted octanol–water partition coefficient (Wildman–Crippen LogP) is 9.37. The van der Waals surface area contributed by atoms with Gasteiger partial charge in [-0.15, -0.1) is 0 Å². The van der Waals surface area contributed by atoms with E-state index in [1.54, 1.807) is 90.5 Å². The van der Waals surface area contributed by atoms with Crippen LogP contribution in [0.4, 0.5) is 0 Å². The highest BCUT2D eigenvalue weighted by Gasteiger charge is 2.25. The van der Waals surface area contributed by atoms with Crippen LogP contribution in [0.1, 0.15) is 22.8 Å². The number of aromatic amines is 1. The molecule has 0 bridgehead atoms. The first-order valence-corrected chi connectivity index (χ1v) is 20.5. The monoisotopic (exact) mass is 876 g/mol. The highest BCUT2D eigenvalue weighted by molar-refractivity contribution is 9.10. The minimum absolute atomic E-state index is 0.214. The Morgan fingerprint density at radius 3 is 1.85 bits per heavy atom. The summed E-state index contributed by atoms with van der Waals surface area (Å²) in [6.07, 6.45) is 5.81. The molecule has 8 rings (SSSR count). The van der Waals surface area contributed by atoms with E-state index in [0.29, 0.717) is 39.8 Å². The molecule has 0 spiro atoms. The molecule has 14 heteroatoms. The van der Waals surface area contributed by atoms with Crippen LogP contribution in [-0.4, -0.2) is 68.0 Å². The van der Waals surface area contributed by atoms with Gasteiger partial charge in [-0.1, -0.05) is 54.1 Å². The minimum atomic E-state index is -3.80. The molecule has 302 valence electrons.